The SMILES string of the molecule is CC(CN)S(=O)(=O)N1CC(=O)Nc2ccccc21. The fourth-order valence-corrected chi connectivity index (χ4v) is 3.18. The van der Waals surface area contributed by atoms with Gasteiger partial charge in [-0.1, -0.05) is 12.1 Å². The summed E-state index contributed by atoms with van der Waals surface area (Å²) >= 11 is 0. The van der Waals surface area contributed by atoms with Crippen molar-refractivity contribution in [2.75, 3.05) is 22.7 Å². The molecule has 1 unspecified atom stereocenters. The molecule has 0 saturated heterocycles. The maximum absolute atomic E-state index is 12.3. The average Bonchev–Trinajstić information content (AvgIpc) is 2.36. The molecule has 1 aromatic carbocycles. The highest BCUT2D eigenvalue weighted by molar-refractivity contribution is 7.93. The van der Waals surface area contributed by atoms with Crippen molar-refractivity contribution < 1.29 is 13.2 Å². The Balaban J connectivity index is 2.50. The number of carbonyl (C=O) groups is 1. The van der Waals surface area contributed by atoms with Gasteiger partial charge in [-0.25, -0.2) is 8.42 Å². The van der Waals surface area contributed by atoms with E-state index in [4.69, 9.17) is 5.73 Å². The first-order valence-corrected chi connectivity index (χ1v) is 7.07. The summed E-state index contributed by atoms with van der Waals surface area (Å²) in [4.78, 5) is 11.5. The van der Waals surface area contributed by atoms with Gasteiger partial charge in [0.1, 0.15) is 6.54 Å². The van der Waals surface area contributed by atoms with Crippen molar-refractivity contribution >= 4 is 27.3 Å². The molecule has 0 saturated carbocycles. The zero-order valence-electron chi connectivity index (χ0n) is 9.96. The summed E-state index contributed by atoms with van der Waals surface area (Å²) in [6.45, 7) is 1.34. The molecule has 6 nitrogen and oxygen atoms in total. The lowest BCUT2D eigenvalue weighted by Gasteiger charge is -2.31. The van der Waals surface area contributed by atoms with E-state index < -0.39 is 15.3 Å². The summed E-state index contributed by atoms with van der Waals surface area (Å²) in [6, 6.07) is 6.80. The van der Waals surface area contributed by atoms with E-state index in [-0.39, 0.29) is 19.0 Å². The third-order valence-electron chi connectivity index (χ3n) is 2.88. The third kappa shape index (κ3) is 2.06. The molecule has 2 rings (SSSR count). The van der Waals surface area contributed by atoms with E-state index in [1.807, 2.05) is 0 Å². The van der Waals surface area contributed by atoms with Crippen molar-refractivity contribution in [3.05, 3.63) is 24.3 Å². The Morgan fingerprint density at radius 2 is 2.11 bits per heavy atom. The van der Waals surface area contributed by atoms with Gasteiger partial charge in [0.05, 0.1) is 16.6 Å². The minimum absolute atomic E-state index is 0.0165. The number of carbonyl (C=O) groups excluding carboxylic acids is 1. The predicted octanol–water partition coefficient (Wildman–Crippen LogP) is 0.122. The van der Waals surface area contributed by atoms with Gasteiger partial charge in [-0.05, 0) is 19.1 Å². The van der Waals surface area contributed by atoms with Crippen molar-refractivity contribution in [3.63, 3.8) is 0 Å². The first kappa shape index (κ1) is 12.8. The first-order chi connectivity index (χ1) is 8.46. The summed E-state index contributed by atoms with van der Waals surface area (Å²) in [5, 5.41) is 1.92. The molecule has 0 bridgehead atoms. The Kier molecular flexibility index (Phi) is 3.27. The van der Waals surface area contributed by atoms with E-state index in [0.717, 1.165) is 4.31 Å². The highest BCUT2D eigenvalue weighted by Gasteiger charge is 2.34. The molecule has 1 heterocycles. The summed E-state index contributed by atoms with van der Waals surface area (Å²) in [7, 11) is -3.61. The predicted molar refractivity (Wildman–Crippen MR) is 69.9 cm³/mol. The topological polar surface area (TPSA) is 92.5 Å². The maximum atomic E-state index is 12.3. The molecule has 0 fully saturated rings. The van der Waals surface area contributed by atoms with E-state index >= 15 is 0 Å². The standard InChI is InChI=1S/C11H15N3O3S/c1-8(6-12)18(16,17)14-7-11(15)13-9-4-2-3-5-10(9)14/h2-5,8H,6-7,12H2,1H3,(H,13,15). The van der Waals surface area contributed by atoms with E-state index in [0.29, 0.717) is 11.4 Å². The van der Waals surface area contributed by atoms with E-state index in [1.165, 1.54) is 6.92 Å². The number of fused-ring (bicyclic) bond motifs is 1. The molecular formula is C11H15N3O3S. The monoisotopic (exact) mass is 269 g/mol. The highest BCUT2D eigenvalue weighted by Crippen LogP contribution is 2.31. The molecule has 1 aliphatic rings. The van der Waals surface area contributed by atoms with Gasteiger partial charge in [-0.2, -0.15) is 0 Å². The number of rotatable bonds is 3. The van der Waals surface area contributed by atoms with Gasteiger partial charge in [0.2, 0.25) is 15.9 Å². The molecule has 98 valence electrons. The van der Waals surface area contributed by atoms with Gasteiger partial charge in [0.15, 0.2) is 0 Å². The number of nitrogens with one attached hydrogen (secondary N) is 1. The van der Waals surface area contributed by atoms with Gasteiger partial charge in [0.25, 0.3) is 0 Å². The van der Waals surface area contributed by atoms with Crippen molar-refractivity contribution in [3.8, 4) is 0 Å². The Hall–Kier alpha value is -1.60. The molecule has 18 heavy (non-hydrogen) atoms. The van der Waals surface area contributed by atoms with Crippen molar-refractivity contribution in [2.24, 2.45) is 5.73 Å². The fraction of sp³-hybridized carbons (Fsp3) is 0.364. The third-order valence-corrected chi connectivity index (χ3v) is 5.03. The number of para-hydroxylation sites is 2. The Labute approximate surface area is 106 Å². The van der Waals surface area contributed by atoms with Crippen LogP contribution < -0.4 is 15.4 Å². The van der Waals surface area contributed by atoms with Crippen LogP contribution in [0, 0.1) is 0 Å². The van der Waals surface area contributed by atoms with Crippen LogP contribution in [0.15, 0.2) is 24.3 Å². The second-order valence-electron chi connectivity index (χ2n) is 4.16. The van der Waals surface area contributed by atoms with Crippen LogP contribution in [0.1, 0.15) is 6.92 Å². The number of sulfonamides is 1. The molecule has 1 amide bonds. The van der Waals surface area contributed by atoms with E-state index in [1.54, 1.807) is 24.3 Å². The smallest absolute Gasteiger partial charge is 0.245 e. The number of hydrogen-bond donors (Lipinski definition) is 2. The Bertz CT molecular complexity index is 571. The lowest BCUT2D eigenvalue weighted by Crippen LogP contribution is -2.47. The molecule has 1 atom stereocenters. The molecular weight excluding hydrogens is 254 g/mol. The van der Waals surface area contributed by atoms with Crippen molar-refractivity contribution in [1.29, 1.82) is 0 Å². The maximum Gasteiger partial charge on any atom is 0.245 e. The lowest BCUT2D eigenvalue weighted by molar-refractivity contribution is -0.115. The van der Waals surface area contributed by atoms with Gasteiger partial charge in [-0.3, -0.25) is 9.10 Å². The van der Waals surface area contributed by atoms with Crippen LogP contribution in [0.3, 0.4) is 0 Å². The summed E-state index contributed by atoms with van der Waals surface area (Å²) in [5.41, 5.74) is 6.40. The largest absolute Gasteiger partial charge is 0.329 e. The normalized spacial score (nSPS) is 17.0. The van der Waals surface area contributed by atoms with Crippen LogP contribution in [0.2, 0.25) is 0 Å². The fourth-order valence-electron chi connectivity index (χ4n) is 1.77. The van der Waals surface area contributed by atoms with Gasteiger partial charge >= 0.3 is 0 Å². The van der Waals surface area contributed by atoms with Crippen molar-refractivity contribution in [1.82, 2.24) is 0 Å². The Morgan fingerprint density at radius 3 is 2.78 bits per heavy atom. The molecule has 0 radical (unpaired) electrons. The minimum atomic E-state index is -3.61. The minimum Gasteiger partial charge on any atom is -0.329 e. The van der Waals surface area contributed by atoms with Gasteiger partial charge in [-0.15, -0.1) is 0 Å². The molecule has 1 aromatic rings. The number of hydrogen-bond acceptors (Lipinski definition) is 4. The second kappa shape index (κ2) is 4.58. The number of nitrogens with zero attached hydrogens (tertiary/aromatic N) is 1. The summed E-state index contributed by atoms with van der Waals surface area (Å²) in [5.74, 6) is -0.346. The van der Waals surface area contributed by atoms with Crippen LogP contribution in [-0.4, -0.2) is 32.7 Å². The second-order valence-corrected chi connectivity index (χ2v) is 6.44. The van der Waals surface area contributed by atoms with Crippen LogP contribution in [0.5, 0.6) is 0 Å². The van der Waals surface area contributed by atoms with Gasteiger partial charge < -0.3 is 11.1 Å². The zero-order chi connectivity index (χ0) is 13.3. The van der Waals surface area contributed by atoms with Crippen LogP contribution in [-0.2, 0) is 14.8 Å². The van der Waals surface area contributed by atoms with Gasteiger partial charge in [0, 0.05) is 6.54 Å². The molecule has 0 spiro atoms. The quantitative estimate of drug-likeness (QED) is 0.815. The molecule has 0 aliphatic carbocycles. The van der Waals surface area contributed by atoms with Crippen molar-refractivity contribution in [2.45, 2.75) is 12.2 Å². The number of benzene rings is 1. The summed E-state index contributed by atoms with van der Waals surface area (Å²) in [6.07, 6.45) is 0. The van der Waals surface area contributed by atoms with Crippen LogP contribution in [0.25, 0.3) is 0 Å². The number of anilines is 2. The summed E-state index contributed by atoms with van der Waals surface area (Å²) < 4.78 is 25.7. The molecule has 7 heteroatoms. The lowest BCUT2D eigenvalue weighted by atomic mass is 10.2. The van der Waals surface area contributed by atoms with E-state index in [9.17, 15) is 13.2 Å². The Morgan fingerprint density at radius 1 is 1.44 bits per heavy atom. The first-order valence-electron chi connectivity index (χ1n) is 5.57. The number of amides is 1. The van der Waals surface area contributed by atoms with Crippen LogP contribution in [0.4, 0.5) is 11.4 Å². The van der Waals surface area contributed by atoms with Crippen LogP contribution >= 0.6 is 0 Å². The molecule has 1 aliphatic heterocycles. The average molecular weight is 269 g/mol. The molecule has 3 N–H and O–H groups in total. The van der Waals surface area contributed by atoms with E-state index in [2.05, 4.69) is 5.32 Å². The molecule has 0 aromatic heterocycles. The highest BCUT2D eigenvalue weighted by atomic mass is 32.2. The zero-order valence-corrected chi connectivity index (χ0v) is 10.8. The number of nitrogens with two attached hydrogens (primary N) is 1.